The third kappa shape index (κ3) is 8.06. The summed E-state index contributed by atoms with van der Waals surface area (Å²) >= 11 is 3.45. The number of amides is 2. The lowest BCUT2D eigenvalue weighted by Crippen LogP contribution is -2.53. The summed E-state index contributed by atoms with van der Waals surface area (Å²) in [5.41, 5.74) is 2.67. The number of benzene rings is 4. The van der Waals surface area contributed by atoms with Crippen molar-refractivity contribution in [2.45, 2.75) is 37.8 Å². The van der Waals surface area contributed by atoms with Gasteiger partial charge in [-0.2, -0.15) is 0 Å². The monoisotopic (exact) mass is 677 g/mol. The minimum atomic E-state index is -4.23. The highest BCUT2D eigenvalue weighted by molar-refractivity contribution is 9.10. The molecule has 0 spiro atoms. The smallest absolute Gasteiger partial charge is 0.264 e. The average Bonchev–Trinajstić information content (AvgIpc) is 3.03. The first-order chi connectivity index (χ1) is 21.1. The van der Waals surface area contributed by atoms with Crippen LogP contribution >= 0.6 is 15.9 Å². The molecule has 0 saturated carbocycles. The lowest BCUT2D eigenvalue weighted by Gasteiger charge is -2.34. The molecular weight excluding hydrogens is 642 g/mol. The van der Waals surface area contributed by atoms with Crippen molar-refractivity contribution in [1.29, 1.82) is 0 Å². The molecule has 0 aliphatic carbocycles. The molecule has 0 aliphatic heterocycles. The molecule has 0 aromatic heterocycles. The minimum absolute atomic E-state index is 0.0281. The van der Waals surface area contributed by atoms with Gasteiger partial charge in [0.15, 0.2) is 0 Å². The van der Waals surface area contributed by atoms with Crippen molar-refractivity contribution in [2.24, 2.45) is 0 Å². The quantitative estimate of drug-likeness (QED) is 0.195. The maximum absolute atomic E-state index is 14.5. The summed E-state index contributed by atoms with van der Waals surface area (Å²) in [7, 11) is -2.77. The topological polar surface area (TPSA) is 96.0 Å². The fourth-order valence-corrected chi connectivity index (χ4v) is 6.56. The molecule has 2 amide bonds. The second kappa shape index (κ2) is 15.0. The Morgan fingerprint density at radius 3 is 2.14 bits per heavy atom. The third-order valence-electron chi connectivity index (χ3n) is 7.10. The van der Waals surface area contributed by atoms with Gasteiger partial charge in [0, 0.05) is 24.0 Å². The van der Waals surface area contributed by atoms with E-state index in [1.807, 2.05) is 74.5 Å². The molecule has 0 unspecified atom stereocenters. The molecule has 0 fully saturated rings. The van der Waals surface area contributed by atoms with E-state index in [9.17, 15) is 18.0 Å². The van der Waals surface area contributed by atoms with Crippen molar-refractivity contribution in [2.75, 3.05) is 24.5 Å². The molecule has 0 saturated heterocycles. The molecule has 0 radical (unpaired) electrons. The standard InChI is InChI=1S/C34H36BrN3O5S/c1-4-36-34(40)31(22-26-11-7-5-8-12-26)37(23-27-16-18-28(35)19-17-27)33(39)24-38(30-21-25(2)15-20-32(30)43-3)44(41,42)29-13-9-6-10-14-29/h5-21,31H,4,22-24H2,1-3H3,(H,36,40)/t31-/m0/s1. The first-order valence-corrected chi connectivity index (χ1v) is 16.4. The maximum atomic E-state index is 14.5. The molecular formula is C34H36BrN3O5S. The van der Waals surface area contributed by atoms with E-state index in [1.54, 1.807) is 30.3 Å². The number of carbonyl (C=O) groups is 2. The largest absolute Gasteiger partial charge is 0.495 e. The summed E-state index contributed by atoms with van der Waals surface area (Å²) in [4.78, 5) is 29.6. The zero-order valence-electron chi connectivity index (χ0n) is 24.9. The van der Waals surface area contributed by atoms with E-state index in [1.165, 1.54) is 24.1 Å². The number of nitrogens with zero attached hydrogens (tertiary/aromatic N) is 2. The molecule has 0 heterocycles. The Bertz CT molecular complexity index is 1670. The number of hydrogen-bond donors (Lipinski definition) is 1. The number of anilines is 1. The molecule has 0 aliphatic rings. The summed E-state index contributed by atoms with van der Waals surface area (Å²) in [5, 5.41) is 2.87. The molecule has 4 aromatic rings. The highest BCUT2D eigenvalue weighted by Crippen LogP contribution is 2.34. The van der Waals surface area contributed by atoms with E-state index in [2.05, 4.69) is 21.2 Å². The van der Waals surface area contributed by atoms with Crippen LogP contribution in [0.2, 0.25) is 0 Å². The molecule has 1 N–H and O–H groups in total. The lowest BCUT2D eigenvalue weighted by molar-refractivity contribution is -0.140. The van der Waals surface area contributed by atoms with Gasteiger partial charge in [-0.15, -0.1) is 0 Å². The van der Waals surface area contributed by atoms with Gasteiger partial charge in [0.2, 0.25) is 11.8 Å². The van der Waals surface area contributed by atoms with Gasteiger partial charge in [-0.25, -0.2) is 8.42 Å². The zero-order valence-corrected chi connectivity index (χ0v) is 27.3. The number of aryl methyl sites for hydroxylation is 1. The van der Waals surface area contributed by atoms with Gasteiger partial charge in [0.05, 0.1) is 17.7 Å². The Morgan fingerprint density at radius 1 is 0.886 bits per heavy atom. The van der Waals surface area contributed by atoms with Crippen molar-refractivity contribution >= 4 is 43.5 Å². The van der Waals surface area contributed by atoms with Crippen molar-refractivity contribution in [1.82, 2.24) is 10.2 Å². The molecule has 0 bridgehead atoms. The number of likely N-dealkylation sites (N-methyl/N-ethyl adjacent to an activating group) is 1. The van der Waals surface area contributed by atoms with Gasteiger partial charge < -0.3 is 15.0 Å². The van der Waals surface area contributed by atoms with Crippen LogP contribution in [-0.2, 0) is 32.6 Å². The molecule has 10 heteroatoms. The lowest BCUT2D eigenvalue weighted by atomic mass is 10.0. The predicted molar refractivity (Wildman–Crippen MR) is 176 cm³/mol. The average molecular weight is 679 g/mol. The number of sulfonamides is 1. The third-order valence-corrected chi connectivity index (χ3v) is 9.40. The van der Waals surface area contributed by atoms with Gasteiger partial charge in [-0.1, -0.05) is 82.7 Å². The van der Waals surface area contributed by atoms with Crippen LogP contribution in [0.5, 0.6) is 5.75 Å². The van der Waals surface area contributed by atoms with Crippen LogP contribution in [-0.4, -0.2) is 51.4 Å². The maximum Gasteiger partial charge on any atom is 0.264 e. The number of methoxy groups -OCH3 is 1. The van der Waals surface area contributed by atoms with E-state index < -0.39 is 28.5 Å². The normalized spacial score (nSPS) is 11.8. The summed E-state index contributed by atoms with van der Waals surface area (Å²) in [5.74, 6) is -0.567. The van der Waals surface area contributed by atoms with Crippen LogP contribution in [0.15, 0.2) is 112 Å². The Hall–Kier alpha value is -4.15. The van der Waals surface area contributed by atoms with Crippen LogP contribution in [0.4, 0.5) is 5.69 Å². The molecule has 4 aromatic carbocycles. The van der Waals surface area contributed by atoms with Crippen molar-refractivity contribution < 1.29 is 22.7 Å². The van der Waals surface area contributed by atoms with Gasteiger partial charge in [0.25, 0.3) is 10.0 Å². The fourth-order valence-electron chi connectivity index (χ4n) is 4.86. The summed E-state index contributed by atoms with van der Waals surface area (Å²) in [6.45, 7) is 3.56. The summed E-state index contributed by atoms with van der Waals surface area (Å²) in [6, 6.07) is 29.1. The van der Waals surface area contributed by atoms with Gasteiger partial charge >= 0.3 is 0 Å². The van der Waals surface area contributed by atoms with Gasteiger partial charge in [0.1, 0.15) is 18.3 Å². The molecule has 8 nitrogen and oxygen atoms in total. The summed E-state index contributed by atoms with van der Waals surface area (Å²) in [6.07, 6.45) is 0.244. The van der Waals surface area contributed by atoms with Gasteiger partial charge in [-0.05, 0) is 66.9 Å². The van der Waals surface area contributed by atoms with Crippen LogP contribution in [0.1, 0.15) is 23.6 Å². The van der Waals surface area contributed by atoms with E-state index in [4.69, 9.17) is 4.74 Å². The Balaban J connectivity index is 1.83. The number of carbonyl (C=O) groups excluding carboxylic acids is 2. The minimum Gasteiger partial charge on any atom is -0.495 e. The number of hydrogen-bond acceptors (Lipinski definition) is 5. The Morgan fingerprint density at radius 2 is 1.52 bits per heavy atom. The predicted octanol–water partition coefficient (Wildman–Crippen LogP) is 5.74. The van der Waals surface area contributed by atoms with Crippen LogP contribution in [0.25, 0.3) is 0 Å². The number of ether oxygens (including phenoxy) is 1. The van der Waals surface area contributed by atoms with Gasteiger partial charge in [-0.3, -0.25) is 13.9 Å². The first-order valence-electron chi connectivity index (χ1n) is 14.2. The molecule has 1 atom stereocenters. The van der Waals surface area contributed by atoms with E-state index in [-0.39, 0.29) is 29.5 Å². The van der Waals surface area contributed by atoms with Crippen molar-refractivity contribution in [3.8, 4) is 5.75 Å². The van der Waals surface area contributed by atoms with Crippen LogP contribution < -0.4 is 14.4 Å². The molecule has 4 rings (SSSR count). The number of halogens is 1. The van der Waals surface area contributed by atoms with Crippen molar-refractivity contribution in [3.05, 3.63) is 124 Å². The highest BCUT2D eigenvalue weighted by Gasteiger charge is 2.35. The number of rotatable bonds is 13. The van der Waals surface area contributed by atoms with Crippen LogP contribution in [0.3, 0.4) is 0 Å². The summed E-state index contributed by atoms with van der Waals surface area (Å²) < 4.78 is 35.9. The highest BCUT2D eigenvalue weighted by atomic mass is 79.9. The Kier molecular flexibility index (Phi) is 11.2. The second-order valence-electron chi connectivity index (χ2n) is 10.2. The van der Waals surface area contributed by atoms with E-state index in [0.29, 0.717) is 12.3 Å². The second-order valence-corrected chi connectivity index (χ2v) is 13.0. The zero-order chi connectivity index (χ0) is 31.7. The molecule has 44 heavy (non-hydrogen) atoms. The Labute approximate surface area is 267 Å². The van der Waals surface area contributed by atoms with E-state index >= 15 is 0 Å². The van der Waals surface area contributed by atoms with Crippen molar-refractivity contribution in [3.63, 3.8) is 0 Å². The van der Waals surface area contributed by atoms with E-state index in [0.717, 1.165) is 25.5 Å². The SMILES string of the molecule is CCNC(=O)[C@H](Cc1ccccc1)N(Cc1ccc(Br)cc1)C(=O)CN(c1cc(C)ccc1OC)S(=O)(=O)c1ccccc1. The number of nitrogens with one attached hydrogen (secondary N) is 1. The van der Waals surface area contributed by atoms with Crippen LogP contribution in [0, 0.1) is 6.92 Å². The first kappa shape index (κ1) is 32.8. The molecule has 230 valence electrons. The fraction of sp³-hybridized carbons (Fsp3) is 0.235.